The number of aliphatic hydroxyl groups excluding tert-OH is 1. The van der Waals surface area contributed by atoms with Gasteiger partial charge >= 0.3 is 5.97 Å². The van der Waals surface area contributed by atoms with Crippen molar-refractivity contribution < 1.29 is 91.7 Å². The Hall–Kier alpha value is -11.7. The third-order valence-electron chi connectivity index (χ3n) is 21.1. The van der Waals surface area contributed by atoms with E-state index in [4.69, 9.17) is 11.5 Å². The molecule has 0 unspecified atom stereocenters. The molecule has 2 aromatic carbocycles. The number of nitrogens with one attached hydrogen (secondary N) is 16. The van der Waals surface area contributed by atoms with Gasteiger partial charge in [-0.15, -0.1) is 0 Å². The van der Waals surface area contributed by atoms with Crippen molar-refractivity contribution >= 4 is 144 Å². The zero-order valence-electron chi connectivity index (χ0n) is 68.4. The van der Waals surface area contributed by atoms with Crippen molar-refractivity contribution in [3.05, 3.63) is 90.3 Å². The van der Waals surface area contributed by atoms with Crippen LogP contribution in [0.4, 0.5) is 0 Å². The molecule has 5 aromatic rings. The van der Waals surface area contributed by atoms with Gasteiger partial charge < -0.3 is 116 Å². The lowest BCUT2D eigenvalue weighted by molar-refractivity contribution is -0.149. The zero-order chi connectivity index (χ0) is 88.2. The number of carbonyl (C=O) groups excluding carboxylic acids is 16. The normalized spacial score (nSPS) is 27.0. The third-order valence-corrected chi connectivity index (χ3v) is 23.5. The molecule has 121 heavy (non-hydrogen) atoms. The van der Waals surface area contributed by atoms with Crippen LogP contribution in [0.3, 0.4) is 0 Å². The average molecular weight is 1720 g/mol. The molecule has 40 nitrogen and oxygen atoms in total. The number of amides is 16. The number of aromatic amines is 3. The molecular weight excluding hydrogens is 1610 g/mol. The van der Waals surface area contributed by atoms with Crippen LogP contribution in [0.2, 0.25) is 0 Å². The first-order chi connectivity index (χ1) is 57.4. The number of aliphatic carboxylic acids is 1. The van der Waals surface area contributed by atoms with Crippen LogP contribution in [-0.4, -0.2) is 268 Å². The van der Waals surface area contributed by atoms with Gasteiger partial charge in [-0.3, -0.25) is 81.5 Å². The van der Waals surface area contributed by atoms with E-state index in [0.29, 0.717) is 38.6 Å². The molecule has 656 valence electrons. The Kier molecular flexibility index (Phi) is 33.1. The maximum Gasteiger partial charge on any atom is 0.303 e. The number of carbonyl (C=O) groups is 17. The molecule has 7 heterocycles. The molecule has 0 saturated carbocycles. The van der Waals surface area contributed by atoms with Crippen LogP contribution in [0, 0.1) is 17.8 Å². The van der Waals surface area contributed by atoms with E-state index < -0.39 is 240 Å². The number of H-pyrrole nitrogens is 3. The molecular formula is C79H109N21O19S2. The smallest absolute Gasteiger partial charge is 0.303 e. The summed E-state index contributed by atoms with van der Waals surface area (Å²) >= 11 is 0. The number of nitrogens with zero attached hydrogens (tertiary/aromatic N) is 3. The van der Waals surface area contributed by atoms with E-state index in [0.717, 1.165) is 31.4 Å². The fraction of sp³-hybridized carbons (Fsp3) is 0.544. The molecule has 42 heteroatoms. The van der Waals surface area contributed by atoms with E-state index >= 15 is 24.0 Å². The number of aliphatic hydroxyl groups is 1. The number of hydrogen-bond acceptors (Lipinski definition) is 22. The molecule has 16 atom stereocenters. The molecule has 0 aliphatic carbocycles. The van der Waals surface area contributed by atoms with Crippen LogP contribution < -0.4 is 80.6 Å². The summed E-state index contributed by atoms with van der Waals surface area (Å²) in [6.45, 7) is 11.3. The number of nitrogens with two attached hydrogens (primary N) is 2. The summed E-state index contributed by atoms with van der Waals surface area (Å²) < 4.78 is 0. The molecule has 16 amide bonds. The highest BCUT2D eigenvalue weighted by Gasteiger charge is 2.48. The molecule has 4 fully saturated rings. The average Bonchev–Trinajstić information content (AvgIpc) is 1.66. The van der Waals surface area contributed by atoms with Crippen molar-refractivity contribution in [3.63, 3.8) is 0 Å². The Balaban J connectivity index is 1.14. The molecule has 3 aromatic heterocycles. The number of primary amides is 1. The number of benzene rings is 2. The van der Waals surface area contributed by atoms with E-state index in [9.17, 15) is 67.7 Å². The van der Waals surface area contributed by atoms with Crippen molar-refractivity contribution in [1.82, 2.24) is 98.9 Å². The highest BCUT2D eigenvalue weighted by Crippen LogP contribution is 2.29. The van der Waals surface area contributed by atoms with Gasteiger partial charge in [0.2, 0.25) is 94.5 Å². The highest BCUT2D eigenvalue weighted by atomic mass is 33.1. The maximum atomic E-state index is 15.5. The Morgan fingerprint density at radius 3 is 1.57 bits per heavy atom. The largest absolute Gasteiger partial charge is 0.481 e. The van der Waals surface area contributed by atoms with Gasteiger partial charge in [0.25, 0.3) is 0 Å². The van der Waals surface area contributed by atoms with E-state index in [1.807, 2.05) is 0 Å². The van der Waals surface area contributed by atoms with Crippen LogP contribution in [-0.2, 0) is 101 Å². The summed E-state index contributed by atoms with van der Waals surface area (Å²) in [5.74, 6) is -19.9. The Morgan fingerprint density at radius 1 is 0.529 bits per heavy atom. The van der Waals surface area contributed by atoms with Gasteiger partial charge in [0.1, 0.15) is 84.6 Å². The SMILES string of the molecule is CC(C)C[C@@H]1NC(=O)[C@H](Cc2cnc[nH]2)NC(=O)[C@H](Cc2c[nH]c3ccccc23)NC(=O)[C@H](C)NC(=O)[C@@H]2CSSC[C@H](NC(=O)[C@H](Cc3c[nH]c4ccccc34)NC(=O)[C@H](C(C)C)NC(=O)[C@H](CC(C)C)NC(=O)[C@H](CCC(=O)O)NC(=O)CNC1=O)C(=O)N[C@@H]([C@@H](C)O)C(=O)N1CCC[C@@H]1C(=O)N1C[C@@H](N)C[C@H]1C(=O)N[C@@H](CC(N)=O)C(=O)N2. The predicted molar refractivity (Wildman–Crippen MR) is 442 cm³/mol. The Bertz CT molecular complexity index is 4630. The second-order valence-corrected chi connectivity index (χ2v) is 34.6. The third kappa shape index (κ3) is 25.7. The van der Waals surface area contributed by atoms with Crippen LogP contribution in [0.15, 0.2) is 73.4 Å². The number of aromatic nitrogens is 4. The molecule has 9 rings (SSSR count). The minimum Gasteiger partial charge on any atom is -0.481 e. The topological polar surface area (TPSA) is 606 Å². The second kappa shape index (κ2) is 43.0. The monoisotopic (exact) mass is 1720 g/mol. The fourth-order valence-electron chi connectivity index (χ4n) is 14.8. The lowest BCUT2D eigenvalue weighted by Gasteiger charge is -2.34. The standard InChI is InChI=1S/C79H109N21O19S2/c1-37(2)22-51-67(107)85-32-62(103)88-50(19-20-63(104)105)68(108)91-52(23-38(3)4)73(113)97-64(39(5)6)77(117)94-54(25-43-30-84-49-17-12-10-15-47(43)49)70(110)96-58-35-121-120-34-57(74(114)87-40(7)66(106)89-53(24-42-29-83-48-16-11-9-14-46(42)48)69(109)92-55(71(111)90-51)27-45-31-82-36-86-45)95-72(112)56(28-61(81)102)93-76(116)60-26-44(80)33-100(60)78(118)59-18-13-21-99(59)79(119)65(41(8)101)98-75(58)115/h9-12,14-17,29-31,36-41,44,50-60,64-65,83-84,101H,13,18-28,32-35,80H2,1-8H3,(H2,81,102)(H,82,86)(H,85,107)(H,87,114)(H,88,103)(H,89,106)(H,90,111)(H,91,108)(H,92,109)(H,93,116)(H,94,117)(H,95,112)(H,96,110)(H,97,113)(H,98,115)(H,104,105)/t40-,41+,44-,50-,51-,52-,53-,54-,55-,56-,57-,58-,59+,60-,64-,65-/m0/s1. The molecule has 4 saturated heterocycles. The van der Waals surface area contributed by atoms with Gasteiger partial charge in [-0.2, -0.15) is 0 Å². The first-order valence-corrected chi connectivity index (χ1v) is 42.7. The van der Waals surface area contributed by atoms with E-state index in [1.54, 1.807) is 102 Å². The molecule has 4 aliphatic rings. The number of rotatable bonds is 17. The lowest BCUT2D eigenvalue weighted by Crippen LogP contribution is -2.63. The van der Waals surface area contributed by atoms with Crippen molar-refractivity contribution in [1.29, 1.82) is 0 Å². The summed E-state index contributed by atoms with van der Waals surface area (Å²) in [5.41, 5.74) is 14.7. The molecule has 22 N–H and O–H groups in total. The number of hydrogen-bond donors (Lipinski definition) is 20. The van der Waals surface area contributed by atoms with Gasteiger partial charge in [0.05, 0.1) is 25.4 Å². The van der Waals surface area contributed by atoms with Gasteiger partial charge in [0, 0.05) is 102 Å². The van der Waals surface area contributed by atoms with Crippen LogP contribution in [0.25, 0.3) is 21.8 Å². The summed E-state index contributed by atoms with van der Waals surface area (Å²) in [4.78, 5) is 263. The molecule has 0 radical (unpaired) electrons. The quantitative estimate of drug-likeness (QED) is 0.0403. The summed E-state index contributed by atoms with van der Waals surface area (Å²) in [6.07, 6.45) is 1.06. The Morgan fingerprint density at radius 2 is 1.02 bits per heavy atom. The van der Waals surface area contributed by atoms with Crippen molar-refractivity contribution in [2.45, 2.75) is 223 Å². The van der Waals surface area contributed by atoms with Crippen molar-refractivity contribution in [2.75, 3.05) is 31.1 Å². The Labute approximate surface area is 704 Å². The number of fused-ring (bicyclic) bond motifs is 9. The summed E-state index contributed by atoms with van der Waals surface area (Å²) in [6, 6.07) is -9.48. The first kappa shape index (κ1) is 93.2. The second-order valence-electron chi connectivity index (χ2n) is 32.0. The van der Waals surface area contributed by atoms with Crippen molar-refractivity contribution in [2.24, 2.45) is 29.2 Å². The van der Waals surface area contributed by atoms with Gasteiger partial charge in [-0.25, -0.2) is 4.98 Å². The molecule has 4 aliphatic heterocycles. The highest BCUT2D eigenvalue weighted by molar-refractivity contribution is 8.76. The molecule has 0 spiro atoms. The fourth-order valence-corrected chi connectivity index (χ4v) is 17.1. The van der Waals surface area contributed by atoms with E-state index in [-0.39, 0.29) is 76.3 Å². The minimum atomic E-state index is -1.87. The van der Waals surface area contributed by atoms with Gasteiger partial charge in [-0.05, 0) is 93.4 Å². The predicted octanol–water partition coefficient (Wildman–Crippen LogP) is -3.45. The van der Waals surface area contributed by atoms with Crippen LogP contribution in [0.5, 0.6) is 0 Å². The van der Waals surface area contributed by atoms with Gasteiger partial charge in [0.15, 0.2) is 0 Å². The van der Waals surface area contributed by atoms with E-state index in [1.165, 1.54) is 26.4 Å². The number of carboxylic acid groups (broad SMARTS) is 1. The minimum absolute atomic E-state index is 0.0302. The number of imidazole rings is 1. The number of carboxylic acids is 1. The van der Waals surface area contributed by atoms with Crippen LogP contribution >= 0.6 is 21.6 Å². The molecule has 2 bridgehead atoms. The van der Waals surface area contributed by atoms with Crippen LogP contribution in [0.1, 0.15) is 124 Å². The zero-order valence-corrected chi connectivity index (χ0v) is 70.0. The number of para-hydroxylation sites is 2. The first-order valence-electron chi connectivity index (χ1n) is 40.2. The van der Waals surface area contributed by atoms with E-state index in [2.05, 4.69) is 89.1 Å². The summed E-state index contributed by atoms with van der Waals surface area (Å²) in [5, 5.41) is 56.5. The van der Waals surface area contributed by atoms with Crippen molar-refractivity contribution in [3.8, 4) is 0 Å². The van der Waals surface area contributed by atoms with Gasteiger partial charge in [-0.1, -0.05) is 99.5 Å². The lowest BCUT2D eigenvalue weighted by atomic mass is 9.98. The maximum absolute atomic E-state index is 15.5. The summed E-state index contributed by atoms with van der Waals surface area (Å²) in [7, 11) is 1.60.